The topological polar surface area (TPSA) is 26.0 Å². The summed E-state index contributed by atoms with van der Waals surface area (Å²) in [6.07, 6.45) is 2.07. The Morgan fingerprint density at radius 2 is 1.92 bits per heavy atom. The maximum atomic E-state index is 5.77. The first-order chi connectivity index (χ1) is 6.09. The Morgan fingerprint density at radius 1 is 1.38 bits per heavy atom. The Bertz CT molecular complexity index is 298. The molecule has 1 atom stereocenters. The molecule has 13 heavy (non-hydrogen) atoms. The molecule has 1 aromatic rings. The summed E-state index contributed by atoms with van der Waals surface area (Å²) in [4.78, 5) is 0. The van der Waals surface area contributed by atoms with Crippen LogP contribution in [0.3, 0.4) is 0 Å². The second-order valence-corrected chi connectivity index (χ2v) is 3.67. The molecule has 1 rings (SSSR count). The molecule has 0 radical (unpaired) electrons. The highest BCUT2D eigenvalue weighted by atomic mass is 35.5. The predicted octanol–water partition coefficient (Wildman–Crippen LogP) is 3.09. The van der Waals surface area contributed by atoms with Crippen molar-refractivity contribution >= 4 is 17.7 Å². The van der Waals surface area contributed by atoms with Gasteiger partial charge in [-0.15, -0.1) is 0 Å². The number of nitrogens with two attached hydrogens (primary N) is 1. The highest BCUT2D eigenvalue weighted by molar-refractivity contribution is 6.30. The fourth-order valence-corrected chi connectivity index (χ4v) is 1.08. The Morgan fingerprint density at radius 3 is 2.38 bits per heavy atom. The third kappa shape index (κ3) is 3.21. The summed E-state index contributed by atoms with van der Waals surface area (Å²) < 4.78 is 0. The van der Waals surface area contributed by atoms with E-state index in [1.54, 1.807) is 0 Å². The van der Waals surface area contributed by atoms with E-state index in [1.807, 2.05) is 38.1 Å². The van der Waals surface area contributed by atoms with Crippen molar-refractivity contribution in [3.8, 4) is 0 Å². The Hall–Kier alpha value is -0.790. The van der Waals surface area contributed by atoms with E-state index >= 15 is 0 Å². The van der Waals surface area contributed by atoms with E-state index in [4.69, 9.17) is 17.3 Å². The standard InChI is InChI=1S/C11H14ClN/c1-8(9(2)13)7-10-3-5-11(12)6-4-10/h3-7,9H,13H2,1-2H3/b8-7+. The predicted molar refractivity (Wildman–Crippen MR) is 58.8 cm³/mol. The lowest BCUT2D eigenvalue weighted by Crippen LogP contribution is -2.15. The highest BCUT2D eigenvalue weighted by Crippen LogP contribution is 2.13. The van der Waals surface area contributed by atoms with Crippen molar-refractivity contribution in [2.45, 2.75) is 19.9 Å². The molecule has 0 aliphatic heterocycles. The molecule has 1 nitrogen and oxygen atoms in total. The van der Waals surface area contributed by atoms with Crippen LogP contribution in [-0.2, 0) is 0 Å². The van der Waals surface area contributed by atoms with Gasteiger partial charge in [0.05, 0.1) is 0 Å². The zero-order valence-corrected chi connectivity index (χ0v) is 8.68. The lowest BCUT2D eigenvalue weighted by Gasteiger charge is -2.04. The van der Waals surface area contributed by atoms with E-state index < -0.39 is 0 Å². The van der Waals surface area contributed by atoms with Gasteiger partial charge in [-0.3, -0.25) is 0 Å². The molecule has 2 N–H and O–H groups in total. The maximum Gasteiger partial charge on any atom is 0.0406 e. The van der Waals surface area contributed by atoms with Crippen molar-refractivity contribution in [3.63, 3.8) is 0 Å². The van der Waals surface area contributed by atoms with Crippen LogP contribution in [0.5, 0.6) is 0 Å². The first kappa shape index (κ1) is 10.3. The van der Waals surface area contributed by atoms with Crippen LogP contribution in [0.1, 0.15) is 19.4 Å². The summed E-state index contributed by atoms with van der Waals surface area (Å²) in [5, 5.41) is 0.760. The average molecular weight is 196 g/mol. The molecule has 1 aromatic carbocycles. The molecule has 0 aliphatic rings. The molecule has 0 saturated heterocycles. The van der Waals surface area contributed by atoms with Gasteiger partial charge in [-0.1, -0.05) is 35.4 Å². The fourth-order valence-electron chi connectivity index (χ4n) is 0.953. The van der Waals surface area contributed by atoms with Crippen LogP contribution in [0.2, 0.25) is 5.02 Å². The van der Waals surface area contributed by atoms with E-state index in [2.05, 4.69) is 6.08 Å². The van der Waals surface area contributed by atoms with Crippen molar-refractivity contribution in [3.05, 3.63) is 40.4 Å². The molecule has 0 saturated carbocycles. The smallest absolute Gasteiger partial charge is 0.0406 e. The molecular formula is C11H14ClN. The number of rotatable bonds is 2. The Labute approximate surface area is 84.2 Å². The molecule has 0 amide bonds. The average Bonchev–Trinajstić information content (AvgIpc) is 2.08. The van der Waals surface area contributed by atoms with Crippen molar-refractivity contribution in [2.75, 3.05) is 0 Å². The summed E-state index contributed by atoms with van der Waals surface area (Å²) in [5.41, 5.74) is 8.03. The van der Waals surface area contributed by atoms with Gasteiger partial charge in [0.1, 0.15) is 0 Å². The van der Waals surface area contributed by atoms with E-state index in [-0.39, 0.29) is 6.04 Å². The number of hydrogen-bond acceptors (Lipinski definition) is 1. The largest absolute Gasteiger partial charge is 0.324 e. The number of hydrogen-bond donors (Lipinski definition) is 1. The minimum absolute atomic E-state index is 0.107. The third-order valence-corrected chi connectivity index (χ3v) is 2.23. The first-order valence-corrected chi connectivity index (χ1v) is 4.67. The molecule has 0 aliphatic carbocycles. The zero-order valence-electron chi connectivity index (χ0n) is 7.92. The lowest BCUT2D eigenvalue weighted by molar-refractivity contribution is 0.868. The Balaban J connectivity index is 2.85. The lowest BCUT2D eigenvalue weighted by atomic mass is 10.1. The van der Waals surface area contributed by atoms with Gasteiger partial charge in [-0.25, -0.2) is 0 Å². The monoisotopic (exact) mass is 195 g/mol. The second kappa shape index (κ2) is 4.45. The molecule has 0 spiro atoms. The molecule has 0 aromatic heterocycles. The summed E-state index contributed by atoms with van der Waals surface area (Å²) in [7, 11) is 0. The van der Waals surface area contributed by atoms with Gasteiger partial charge in [0.25, 0.3) is 0 Å². The van der Waals surface area contributed by atoms with E-state index in [0.717, 1.165) is 10.6 Å². The van der Waals surface area contributed by atoms with Crippen molar-refractivity contribution in [1.82, 2.24) is 0 Å². The summed E-state index contributed by atoms with van der Waals surface area (Å²) in [5.74, 6) is 0. The van der Waals surface area contributed by atoms with Crippen LogP contribution >= 0.6 is 11.6 Å². The van der Waals surface area contributed by atoms with Crippen LogP contribution in [0.15, 0.2) is 29.8 Å². The van der Waals surface area contributed by atoms with E-state index in [9.17, 15) is 0 Å². The van der Waals surface area contributed by atoms with Crippen LogP contribution in [0.25, 0.3) is 6.08 Å². The molecule has 1 unspecified atom stereocenters. The summed E-state index contributed by atoms with van der Waals surface area (Å²) in [6.45, 7) is 4.00. The molecular weight excluding hydrogens is 182 g/mol. The minimum Gasteiger partial charge on any atom is -0.324 e. The highest BCUT2D eigenvalue weighted by Gasteiger charge is 1.96. The van der Waals surface area contributed by atoms with Crippen molar-refractivity contribution in [1.29, 1.82) is 0 Å². The number of halogens is 1. The van der Waals surface area contributed by atoms with Crippen LogP contribution < -0.4 is 5.73 Å². The van der Waals surface area contributed by atoms with Crippen molar-refractivity contribution < 1.29 is 0 Å². The molecule has 70 valence electrons. The van der Waals surface area contributed by atoms with Crippen LogP contribution in [-0.4, -0.2) is 6.04 Å². The first-order valence-electron chi connectivity index (χ1n) is 4.29. The summed E-state index contributed by atoms with van der Waals surface area (Å²) in [6, 6.07) is 7.82. The van der Waals surface area contributed by atoms with Gasteiger partial charge in [0.2, 0.25) is 0 Å². The van der Waals surface area contributed by atoms with Crippen LogP contribution in [0, 0.1) is 0 Å². The molecule has 0 heterocycles. The second-order valence-electron chi connectivity index (χ2n) is 3.23. The van der Waals surface area contributed by atoms with E-state index in [0.29, 0.717) is 0 Å². The maximum absolute atomic E-state index is 5.77. The van der Waals surface area contributed by atoms with Gasteiger partial charge in [-0.2, -0.15) is 0 Å². The fraction of sp³-hybridized carbons (Fsp3) is 0.273. The van der Waals surface area contributed by atoms with Crippen molar-refractivity contribution in [2.24, 2.45) is 5.73 Å². The molecule has 0 fully saturated rings. The van der Waals surface area contributed by atoms with Crippen LogP contribution in [0.4, 0.5) is 0 Å². The van der Waals surface area contributed by atoms with Gasteiger partial charge >= 0.3 is 0 Å². The van der Waals surface area contributed by atoms with Gasteiger partial charge < -0.3 is 5.73 Å². The van der Waals surface area contributed by atoms with Gasteiger partial charge in [-0.05, 0) is 31.5 Å². The quantitative estimate of drug-likeness (QED) is 0.771. The normalized spacial score (nSPS) is 14.3. The minimum atomic E-state index is 0.107. The Kier molecular flexibility index (Phi) is 3.52. The zero-order chi connectivity index (χ0) is 9.84. The molecule has 0 bridgehead atoms. The van der Waals surface area contributed by atoms with E-state index in [1.165, 1.54) is 5.57 Å². The third-order valence-electron chi connectivity index (χ3n) is 1.98. The van der Waals surface area contributed by atoms with Gasteiger partial charge in [0.15, 0.2) is 0 Å². The SMILES string of the molecule is C/C(=C\c1ccc(Cl)cc1)C(C)N. The number of benzene rings is 1. The molecule has 2 heteroatoms. The van der Waals surface area contributed by atoms with Gasteiger partial charge in [0, 0.05) is 11.1 Å². The summed E-state index contributed by atoms with van der Waals surface area (Å²) >= 11 is 5.77.